The Morgan fingerprint density at radius 1 is 0.917 bits per heavy atom. The Bertz CT molecular complexity index is 1130. The van der Waals surface area contributed by atoms with E-state index in [0.29, 0.717) is 17.7 Å². The monoisotopic (exact) mass is 510 g/mol. The molecule has 0 aliphatic carbocycles. The van der Waals surface area contributed by atoms with Gasteiger partial charge in [-0.2, -0.15) is 0 Å². The third-order valence-corrected chi connectivity index (χ3v) is 6.97. The van der Waals surface area contributed by atoms with Gasteiger partial charge < -0.3 is 10.2 Å². The van der Waals surface area contributed by atoms with Crippen LogP contribution in [0.2, 0.25) is 0 Å². The van der Waals surface area contributed by atoms with E-state index in [2.05, 4.69) is 5.32 Å². The Hall–Kier alpha value is -3.19. The first-order chi connectivity index (χ1) is 17.4. The van der Waals surface area contributed by atoms with Crippen LogP contribution in [0, 0.1) is 11.6 Å². The number of nitrogens with one attached hydrogen (secondary N) is 1. The van der Waals surface area contributed by atoms with E-state index in [1.807, 2.05) is 44.2 Å². The molecule has 0 bridgehead atoms. The SMILES string of the molecule is CC[C@H](C)NC(=O)[C@@H](Cc1ccccc1)N(Cc1ccccc1F)C(=O)CSCc1ccc(F)cc1. The highest BCUT2D eigenvalue weighted by Gasteiger charge is 2.31. The molecule has 7 heteroatoms. The molecule has 36 heavy (non-hydrogen) atoms. The number of amides is 2. The van der Waals surface area contributed by atoms with E-state index in [0.717, 1.165) is 17.5 Å². The topological polar surface area (TPSA) is 49.4 Å². The van der Waals surface area contributed by atoms with Crippen molar-refractivity contribution in [3.63, 3.8) is 0 Å². The van der Waals surface area contributed by atoms with Crippen LogP contribution in [0.25, 0.3) is 0 Å². The molecule has 3 rings (SSSR count). The molecule has 0 unspecified atom stereocenters. The number of hydrogen-bond acceptors (Lipinski definition) is 3. The van der Waals surface area contributed by atoms with Gasteiger partial charge in [0.15, 0.2) is 0 Å². The van der Waals surface area contributed by atoms with Gasteiger partial charge >= 0.3 is 0 Å². The number of benzene rings is 3. The third kappa shape index (κ3) is 8.19. The van der Waals surface area contributed by atoms with Crippen molar-refractivity contribution < 1.29 is 18.4 Å². The summed E-state index contributed by atoms with van der Waals surface area (Å²) in [4.78, 5) is 28.4. The maximum absolute atomic E-state index is 14.6. The summed E-state index contributed by atoms with van der Waals surface area (Å²) in [5.74, 6) is -0.635. The van der Waals surface area contributed by atoms with Gasteiger partial charge in [0, 0.05) is 30.3 Å². The Balaban J connectivity index is 1.86. The quantitative estimate of drug-likeness (QED) is 0.337. The van der Waals surface area contributed by atoms with Gasteiger partial charge in [-0.3, -0.25) is 9.59 Å². The van der Waals surface area contributed by atoms with Crippen molar-refractivity contribution in [2.45, 2.75) is 51.1 Å². The van der Waals surface area contributed by atoms with Crippen molar-refractivity contribution in [1.29, 1.82) is 0 Å². The molecular formula is C29H32F2N2O2S. The van der Waals surface area contributed by atoms with Crippen molar-refractivity contribution in [2.75, 3.05) is 5.75 Å². The fourth-order valence-corrected chi connectivity index (χ4v) is 4.60. The Morgan fingerprint density at radius 3 is 2.25 bits per heavy atom. The summed E-state index contributed by atoms with van der Waals surface area (Å²) in [7, 11) is 0. The summed E-state index contributed by atoms with van der Waals surface area (Å²) in [5.41, 5.74) is 2.15. The summed E-state index contributed by atoms with van der Waals surface area (Å²) >= 11 is 1.38. The molecule has 0 aromatic heterocycles. The Labute approximate surface area is 216 Å². The third-order valence-electron chi connectivity index (χ3n) is 5.98. The number of carbonyl (C=O) groups is 2. The molecule has 1 N–H and O–H groups in total. The molecule has 0 radical (unpaired) electrons. The summed E-state index contributed by atoms with van der Waals surface area (Å²) in [6.07, 6.45) is 1.06. The van der Waals surface area contributed by atoms with E-state index < -0.39 is 11.9 Å². The van der Waals surface area contributed by atoms with E-state index in [9.17, 15) is 18.4 Å². The highest BCUT2D eigenvalue weighted by atomic mass is 32.2. The van der Waals surface area contributed by atoms with Crippen LogP contribution >= 0.6 is 11.8 Å². The predicted octanol–water partition coefficient (Wildman–Crippen LogP) is 5.75. The first-order valence-electron chi connectivity index (χ1n) is 12.1. The molecule has 2 amide bonds. The van der Waals surface area contributed by atoms with E-state index in [1.54, 1.807) is 30.3 Å². The molecule has 4 nitrogen and oxygen atoms in total. The van der Waals surface area contributed by atoms with Crippen LogP contribution in [0.1, 0.15) is 37.0 Å². The van der Waals surface area contributed by atoms with E-state index in [4.69, 9.17) is 0 Å². The van der Waals surface area contributed by atoms with Crippen LogP contribution in [0.3, 0.4) is 0 Å². The van der Waals surface area contributed by atoms with Gasteiger partial charge in [-0.1, -0.05) is 67.6 Å². The van der Waals surface area contributed by atoms with Crippen LogP contribution in [0.15, 0.2) is 78.9 Å². The molecule has 190 valence electrons. The van der Waals surface area contributed by atoms with Gasteiger partial charge in [0.2, 0.25) is 11.8 Å². The lowest BCUT2D eigenvalue weighted by atomic mass is 10.0. The molecule has 0 saturated heterocycles. The van der Waals surface area contributed by atoms with Gasteiger partial charge in [0.1, 0.15) is 17.7 Å². The molecule has 2 atom stereocenters. The van der Waals surface area contributed by atoms with Gasteiger partial charge in [0.25, 0.3) is 0 Å². The predicted molar refractivity (Wildman–Crippen MR) is 141 cm³/mol. The molecule has 0 spiro atoms. The van der Waals surface area contributed by atoms with Crippen LogP contribution in [0.5, 0.6) is 0 Å². The number of halogens is 2. The highest BCUT2D eigenvalue weighted by molar-refractivity contribution is 7.99. The van der Waals surface area contributed by atoms with Crippen LogP contribution in [-0.4, -0.2) is 34.6 Å². The molecular weight excluding hydrogens is 478 g/mol. The summed E-state index contributed by atoms with van der Waals surface area (Å²) in [6.45, 7) is 3.87. The fraction of sp³-hybridized carbons (Fsp3) is 0.310. The number of carbonyl (C=O) groups excluding carboxylic acids is 2. The molecule has 3 aromatic rings. The number of hydrogen-bond donors (Lipinski definition) is 1. The number of rotatable bonds is 12. The minimum absolute atomic E-state index is 0.0198. The zero-order chi connectivity index (χ0) is 25.9. The van der Waals surface area contributed by atoms with Gasteiger partial charge in [-0.05, 0) is 42.7 Å². The standard InChI is InChI=1S/C29H32F2N2O2S/c1-3-21(2)32-29(35)27(17-22-9-5-4-6-10-22)33(18-24-11-7-8-12-26(24)31)28(34)20-36-19-23-13-15-25(30)16-14-23/h4-16,21,27H,3,17-20H2,1-2H3,(H,32,35)/t21-,27+/m0/s1. The first-order valence-corrected chi connectivity index (χ1v) is 13.2. The lowest BCUT2D eigenvalue weighted by Gasteiger charge is -2.32. The number of nitrogens with zero attached hydrogens (tertiary/aromatic N) is 1. The van der Waals surface area contributed by atoms with E-state index in [1.165, 1.54) is 34.9 Å². The first kappa shape index (κ1) is 27.4. The smallest absolute Gasteiger partial charge is 0.243 e. The van der Waals surface area contributed by atoms with Gasteiger partial charge in [0.05, 0.1) is 5.75 Å². The van der Waals surface area contributed by atoms with Crippen molar-refractivity contribution in [3.05, 3.63) is 107 Å². The van der Waals surface area contributed by atoms with Crippen LogP contribution in [-0.2, 0) is 28.3 Å². The molecule has 0 saturated carbocycles. The van der Waals surface area contributed by atoms with E-state index >= 15 is 0 Å². The second-order valence-corrected chi connectivity index (χ2v) is 9.74. The van der Waals surface area contributed by atoms with Gasteiger partial charge in [-0.15, -0.1) is 11.8 Å². The largest absolute Gasteiger partial charge is 0.352 e. The lowest BCUT2D eigenvalue weighted by molar-refractivity contribution is -0.139. The molecule has 0 fully saturated rings. The van der Waals surface area contributed by atoms with Crippen molar-refractivity contribution >= 4 is 23.6 Å². The zero-order valence-corrected chi connectivity index (χ0v) is 21.4. The minimum atomic E-state index is -0.806. The normalized spacial score (nSPS) is 12.6. The molecule has 3 aromatic carbocycles. The molecule has 0 aliphatic heterocycles. The average Bonchev–Trinajstić information content (AvgIpc) is 2.88. The van der Waals surface area contributed by atoms with Crippen molar-refractivity contribution in [3.8, 4) is 0 Å². The fourth-order valence-electron chi connectivity index (χ4n) is 3.72. The van der Waals surface area contributed by atoms with Crippen molar-refractivity contribution in [1.82, 2.24) is 10.2 Å². The average molecular weight is 511 g/mol. The number of thioether (sulfide) groups is 1. The summed E-state index contributed by atoms with van der Waals surface area (Å²) < 4.78 is 27.8. The highest BCUT2D eigenvalue weighted by Crippen LogP contribution is 2.20. The Morgan fingerprint density at radius 2 is 1.58 bits per heavy atom. The molecule has 0 aliphatic rings. The second kappa shape index (κ2) is 13.8. The van der Waals surface area contributed by atoms with Crippen LogP contribution in [0.4, 0.5) is 8.78 Å². The van der Waals surface area contributed by atoms with Crippen molar-refractivity contribution in [2.24, 2.45) is 0 Å². The second-order valence-electron chi connectivity index (χ2n) is 8.76. The lowest BCUT2D eigenvalue weighted by Crippen LogP contribution is -2.52. The maximum Gasteiger partial charge on any atom is 0.243 e. The zero-order valence-electron chi connectivity index (χ0n) is 20.6. The van der Waals surface area contributed by atoms with E-state index in [-0.39, 0.29) is 36.0 Å². The maximum atomic E-state index is 14.6. The van der Waals surface area contributed by atoms with Gasteiger partial charge in [-0.25, -0.2) is 8.78 Å². The van der Waals surface area contributed by atoms with Crippen LogP contribution < -0.4 is 5.32 Å². The summed E-state index contributed by atoms with van der Waals surface area (Å²) in [6, 6.07) is 21.1. The minimum Gasteiger partial charge on any atom is -0.352 e. The summed E-state index contributed by atoms with van der Waals surface area (Å²) in [5, 5.41) is 3.00. The Kier molecular flexibility index (Phi) is 10.5. The molecule has 0 heterocycles.